The summed E-state index contributed by atoms with van der Waals surface area (Å²) in [4.78, 5) is 2.63. The van der Waals surface area contributed by atoms with Crippen LogP contribution in [0, 0.1) is 5.92 Å². The molecule has 17 heavy (non-hydrogen) atoms. The summed E-state index contributed by atoms with van der Waals surface area (Å²) in [5.41, 5.74) is 0. The highest BCUT2D eigenvalue weighted by Crippen LogP contribution is 2.13. The van der Waals surface area contributed by atoms with Crippen LogP contribution in [0.5, 0.6) is 0 Å². The minimum atomic E-state index is 0.687. The van der Waals surface area contributed by atoms with Gasteiger partial charge in [-0.2, -0.15) is 11.8 Å². The largest absolute Gasteiger partial charge is 0.312 e. The van der Waals surface area contributed by atoms with Crippen LogP contribution in [0.25, 0.3) is 0 Å². The van der Waals surface area contributed by atoms with Crippen molar-refractivity contribution in [3.05, 3.63) is 12.7 Å². The van der Waals surface area contributed by atoms with Crippen molar-refractivity contribution in [1.82, 2.24) is 10.2 Å². The van der Waals surface area contributed by atoms with Crippen LogP contribution in [-0.2, 0) is 0 Å². The average Bonchev–Trinajstić information content (AvgIpc) is 2.59. The standard InChI is InChI=1S/C14H28N2S/c1-4-10-17-11-9-16-8-6-7-15-14(12-16)13(3)5-2/h4,13-15H,1,5-12H2,2-3H3. The Bertz CT molecular complexity index is 208. The fourth-order valence-corrected chi connectivity index (χ4v) is 2.97. The minimum absolute atomic E-state index is 0.687. The lowest BCUT2D eigenvalue weighted by atomic mass is 9.99. The summed E-state index contributed by atoms with van der Waals surface area (Å²) >= 11 is 1.99. The maximum atomic E-state index is 3.76. The quantitative estimate of drug-likeness (QED) is 0.557. The van der Waals surface area contributed by atoms with Gasteiger partial charge < -0.3 is 10.2 Å². The van der Waals surface area contributed by atoms with Gasteiger partial charge in [-0.1, -0.05) is 26.3 Å². The summed E-state index contributed by atoms with van der Waals surface area (Å²) in [6.07, 6.45) is 4.56. The van der Waals surface area contributed by atoms with Crippen molar-refractivity contribution in [3.8, 4) is 0 Å². The first-order chi connectivity index (χ1) is 8.27. The maximum Gasteiger partial charge on any atom is 0.0220 e. The number of nitrogens with one attached hydrogen (secondary N) is 1. The van der Waals surface area contributed by atoms with Gasteiger partial charge in [0.2, 0.25) is 0 Å². The van der Waals surface area contributed by atoms with Gasteiger partial charge in [0.1, 0.15) is 0 Å². The molecule has 100 valence electrons. The Morgan fingerprint density at radius 3 is 3.12 bits per heavy atom. The van der Waals surface area contributed by atoms with E-state index in [1.54, 1.807) is 0 Å². The second-order valence-corrected chi connectivity index (χ2v) is 6.11. The van der Waals surface area contributed by atoms with Gasteiger partial charge in [-0.05, 0) is 25.4 Å². The van der Waals surface area contributed by atoms with Gasteiger partial charge in [-0.15, -0.1) is 6.58 Å². The van der Waals surface area contributed by atoms with E-state index in [4.69, 9.17) is 0 Å². The molecule has 1 aliphatic rings. The molecular weight excluding hydrogens is 228 g/mol. The molecule has 2 nitrogen and oxygen atoms in total. The van der Waals surface area contributed by atoms with Crippen LogP contribution in [0.2, 0.25) is 0 Å². The van der Waals surface area contributed by atoms with Gasteiger partial charge in [0.25, 0.3) is 0 Å². The maximum absolute atomic E-state index is 3.76. The molecule has 2 unspecified atom stereocenters. The van der Waals surface area contributed by atoms with E-state index in [9.17, 15) is 0 Å². The second-order valence-electron chi connectivity index (χ2n) is 4.96. The van der Waals surface area contributed by atoms with E-state index in [1.807, 2.05) is 17.8 Å². The summed E-state index contributed by atoms with van der Waals surface area (Å²) in [7, 11) is 0. The lowest BCUT2D eigenvalue weighted by Gasteiger charge is -2.27. The lowest BCUT2D eigenvalue weighted by Crippen LogP contribution is -2.42. The molecule has 0 aromatic heterocycles. The first-order valence-corrected chi connectivity index (χ1v) is 8.07. The molecule has 1 saturated heterocycles. The first-order valence-electron chi connectivity index (χ1n) is 6.92. The molecule has 1 rings (SSSR count). The van der Waals surface area contributed by atoms with E-state index < -0.39 is 0 Å². The fraction of sp³-hybridized carbons (Fsp3) is 0.857. The van der Waals surface area contributed by atoms with E-state index in [1.165, 1.54) is 44.8 Å². The molecule has 3 heteroatoms. The smallest absolute Gasteiger partial charge is 0.0220 e. The van der Waals surface area contributed by atoms with Gasteiger partial charge in [0, 0.05) is 30.6 Å². The van der Waals surface area contributed by atoms with Crippen molar-refractivity contribution in [2.75, 3.05) is 37.7 Å². The van der Waals surface area contributed by atoms with Crippen molar-refractivity contribution in [1.29, 1.82) is 0 Å². The Morgan fingerprint density at radius 1 is 1.59 bits per heavy atom. The van der Waals surface area contributed by atoms with Crippen molar-refractivity contribution in [2.24, 2.45) is 5.92 Å². The van der Waals surface area contributed by atoms with Crippen molar-refractivity contribution in [2.45, 2.75) is 32.7 Å². The monoisotopic (exact) mass is 256 g/mol. The highest BCUT2D eigenvalue weighted by Gasteiger charge is 2.21. The number of thioether (sulfide) groups is 1. The summed E-state index contributed by atoms with van der Waals surface area (Å²) in [5.74, 6) is 3.11. The first kappa shape index (κ1) is 15.1. The molecule has 1 N–H and O–H groups in total. The van der Waals surface area contributed by atoms with Gasteiger partial charge in [-0.3, -0.25) is 0 Å². The third-order valence-electron chi connectivity index (χ3n) is 3.63. The summed E-state index contributed by atoms with van der Waals surface area (Å²) in [6, 6.07) is 0.687. The van der Waals surface area contributed by atoms with E-state index in [2.05, 4.69) is 30.6 Å². The summed E-state index contributed by atoms with van der Waals surface area (Å²) in [5, 5.41) is 3.70. The molecule has 1 fully saturated rings. The number of hydrogen-bond donors (Lipinski definition) is 1. The Balaban J connectivity index is 2.29. The zero-order valence-electron chi connectivity index (χ0n) is 11.5. The Morgan fingerprint density at radius 2 is 2.41 bits per heavy atom. The lowest BCUT2D eigenvalue weighted by molar-refractivity contribution is 0.250. The molecule has 0 aromatic rings. The normalized spacial score (nSPS) is 24.2. The summed E-state index contributed by atoms with van der Waals surface area (Å²) < 4.78 is 0. The second kappa shape index (κ2) is 9.01. The van der Waals surface area contributed by atoms with E-state index in [-0.39, 0.29) is 0 Å². The number of rotatable bonds is 7. The third kappa shape index (κ3) is 5.94. The van der Waals surface area contributed by atoms with Crippen LogP contribution >= 0.6 is 11.8 Å². The molecule has 0 radical (unpaired) electrons. The van der Waals surface area contributed by atoms with Crippen molar-refractivity contribution < 1.29 is 0 Å². The average molecular weight is 256 g/mol. The minimum Gasteiger partial charge on any atom is -0.312 e. The Labute approximate surface area is 111 Å². The van der Waals surface area contributed by atoms with Crippen LogP contribution in [0.1, 0.15) is 26.7 Å². The molecule has 0 bridgehead atoms. The highest BCUT2D eigenvalue weighted by molar-refractivity contribution is 7.99. The van der Waals surface area contributed by atoms with Crippen molar-refractivity contribution >= 4 is 11.8 Å². The predicted octanol–water partition coefficient (Wildman–Crippen LogP) is 2.62. The molecule has 0 amide bonds. The van der Waals surface area contributed by atoms with Gasteiger partial charge in [0.05, 0.1) is 0 Å². The molecule has 1 aliphatic heterocycles. The molecular formula is C14H28N2S. The Hall–Kier alpha value is 0.01000. The Kier molecular flexibility index (Phi) is 7.99. The topological polar surface area (TPSA) is 15.3 Å². The van der Waals surface area contributed by atoms with E-state index >= 15 is 0 Å². The van der Waals surface area contributed by atoms with Gasteiger partial charge >= 0.3 is 0 Å². The van der Waals surface area contributed by atoms with Crippen LogP contribution in [0.4, 0.5) is 0 Å². The molecule has 1 heterocycles. The molecule has 0 aliphatic carbocycles. The van der Waals surface area contributed by atoms with Crippen LogP contribution in [0.15, 0.2) is 12.7 Å². The predicted molar refractivity (Wildman–Crippen MR) is 79.8 cm³/mol. The van der Waals surface area contributed by atoms with Crippen LogP contribution in [0.3, 0.4) is 0 Å². The van der Waals surface area contributed by atoms with E-state index in [0.29, 0.717) is 6.04 Å². The third-order valence-corrected chi connectivity index (χ3v) is 4.57. The van der Waals surface area contributed by atoms with Gasteiger partial charge in [0.15, 0.2) is 0 Å². The molecule has 0 spiro atoms. The highest BCUT2D eigenvalue weighted by atomic mass is 32.2. The summed E-state index contributed by atoms with van der Waals surface area (Å²) in [6.45, 7) is 13.3. The molecule has 2 atom stereocenters. The molecule has 0 saturated carbocycles. The number of hydrogen-bond acceptors (Lipinski definition) is 3. The fourth-order valence-electron chi connectivity index (χ4n) is 2.25. The SMILES string of the molecule is C=CCSCCN1CCCNC(C(C)CC)C1. The van der Waals surface area contributed by atoms with Crippen LogP contribution in [-0.4, -0.2) is 48.6 Å². The number of nitrogens with zero attached hydrogens (tertiary/aromatic N) is 1. The zero-order chi connectivity index (χ0) is 12.5. The van der Waals surface area contributed by atoms with Crippen LogP contribution < -0.4 is 5.32 Å². The molecule has 0 aromatic carbocycles. The van der Waals surface area contributed by atoms with E-state index in [0.717, 1.165) is 11.7 Å². The van der Waals surface area contributed by atoms with Gasteiger partial charge in [-0.25, -0.2) is 0 Å². The zero-order valence-corrected chi connectivity index (χ0v) is 12.3. The van der Waals surface area contributed by atoms with Crippen molar-refractivity contribution in [3.63, 3.8) is 0 Å².